The van der Waals surface area contributed by atoms with Gasteiger partial charge in [-0.2, -0.15) is 0 Å². The van der Waals surface area contributed by atoms with Gasteiger partial charge in [-0.3, -0.25) is 0 Å². The Morgan fingerprint density at radius 1 is 2.00 bits per heavy atom. The Labute approximate surface area is 32.8 Å². The largest absolute Gasteiger partial charge is 0.360 e. The molecule has 0 aliphatic heterocycles. The van der Waals surface area contributed by atoms with E-state index in [-0.39, 0.29) is 0 Å². The highest BCUT2D eigenvalue weighted by molar-refractivity contribution is 7.90. The topological polar surface area (TPSA) is 65.4 Å². The summed E-state index contributed by atoms with van der Waals surface area (Å²) in [4.78, 5) is 8.89. The molecule has 0 unspecified atom stereocenters. The molecular formula is N2O2S. The summed E-state index contributed by atoms with van der Waals surface area (Å²) in [5, 5.41) is 16.2. The van der Waals surface area contributed by atoms with Gasteiger partial charge >= 0.3 is 12.1 Å². The van der Waals surface area contributed by atoms with Crippen molar-refractivity contribution < 1.29 is 4.33 Å². The Balaban J connectivity index is 2.85. The Hall–Kier alpha value is -0.290. The van der Waals surface area contributed by atoms with Gasteiger partial charge in [-0.25, -0.2) is 10.1 Å². The summed E-state index contributed by atoms with van der Waals surface area (Å²) in [6.45, 7) is 0. The molecule has 0 heterocycles. The van der Waals surface area contributed by atoms with Crippen LogP contribution >= 0.6 is 12.1 Å². The maximum atomic E-state index is 8.89. The van der Waals surface area contributed by atoms with Crippen molar-refractivity contribution in [2.75, 3.05) is 0 Å². The minimum Gasteiger partial charge on any atom is -0.249 e. The van der Waals surface area contributed by atoms with Crippen molar-refractivity contribution in [2.45, 2.75) is 0 Å². The first kappa shape index (κ1) is 4.71. The molecule has 0 bridgehead atoms. The molecule has 0 saturated carbocycles. The van der Waals surface area contributed by atoms with Crippen LogP contribution in [0.5, 0.6) is 0 Å². The molecule has 28 valence electrons. The summed E-state index contributed by atoms with van der Waals surface area (Å²) >= 11 is -0.398. The molecule has 0 aromatic heterocycles. The van der Waals surface area contributed by atoms with Crippen molar-refractivity contribution in [1.82, 2.24) is 5.14 Å². The van der Waals surface area contributed by atoms with Gasteiger partial charge in [-0.1, -0.05) is 0 Å². The van der Waals surface area contributed by atoms with E-state index in [4.69, 9.17) is 15.3 Å². The van der Waals surface area contributed by atoms with Crippen LogP contribution in [0, 0.1) is 10.1 Å². The van der Waals surface area contributed by atoms with Crippen molar-refractivity contribution >= 4 is 12.1 Å². The van der Waals surface area contributed by atoms with Gasteiger partial charge in [0, 0.05) is 5.14 Å². The average Bonchev–Trinajstić information content (AvgIpc) is 1.38. The molecule has 0 saturated heterocycles. The first-order chi connectivity index (χ1) is 2.27. The zero-order chi connectivity index (χ0) is 4.28. The summed E-state index contributed by atoms with van der Waals surface area (Å²) in [7, 11) is 0. The Bertz CT molecular complexity index is 42.9. The summed E-state index contributed by atoms with van der Waals surface area (Å²) in [6, 6.07) is 0. The second-order valence-corrected chi connectivity index (χ2v) is 0.767. The van der Waals surface area contributed by atoms with Crippen LogP contribution in [0.3, 0.4) is 0 Å². The van der Waals surface area contributed by atoms with Crippen molar-refractivity contribution in [3.05, 3.63) is 10.1 Å². The predicted molar refractivity (Wildman–Crippen MR) is 16.7 cm³/mol. The molecule has 5 heavy (non-hydrogen) atoms. The molecule has 0 N–H and O–H groups in total. The lowest BCUT2D eigenvalue weighted by Crippen LogP contribution is -1.77. The van der Waals surface area contributed by atoms with Crippen LogP contribution in [-0.4, -0.2) is 4.33 Å². The molecule has 0 spiro atoms. The van der Waals surface area contributed by atoms with Crippen LogP contribution in [0.4, 0.5) is 0 Å². The third kappa shape index (κ3) is 3.71. The van der Waals surface area contributed by atoms with Gasteiger partial charge in [-0.15, -0.1) is 0 Å². The zero-order valence-corrected chi connectivity index (χ0v) is 2.94. The Kier molecular flexibility index (Phi) is 1.86. The van der Waals surface area contributed by atoms with Crippen LogP contribution < -0.4 is 5.14 Å². The average molecular weight is 92.1 g/mol. The summed E-state index contributed by atoms with van der Waals surface area (Å²) in [5.74, 6) is 0. The van der Waals surface area contributed by atoms with Crippen LogP contribution in [0.25, 0.3) is 0 Å². The lowest BCUT2D eigenvalue weighted by Gasteiger charge is -1.65. The molecule has 0 rings (SSSR count). The van der Waals surface area contributed by atoms with Crippen LogP contribution in [0.2, 0.25) is 0 Å². The summed E-state index contributed by atoms with van der Waals surface area (Å²) in [6.07, 6.45) is 0. The van der Waals surface area contributed by atoms with E-state index in [0.717, 1.165) is 0 Å². The van der Waals surface area contributed by atoms with Crippen LogP contribution in [0.1, 0.15) is 0 Å². The highest BCUT2D eigenvalue weighted by Crippen LogP contribution is 1.83. The molecule has 0 atom stereocenters. The Morgan fingerprint density at radius 3 is 2.20 bits per heavy atom. The van der Waals surface area contributed by atoms with Gasteiger partial charge in [0.25, 0.3) is 0 Å². The van der Waals surface area contributed by atoms with Gasteiger partial charge in [0.15, 0.2) is 0 Å². The van der Waals surface area contributed by atoms with E-state index < -0.39 is 16.5 Å². The fourth-order valence-corrected chi connectivity index (χ4v) is 0. The zero-order valence-electron chi connectivity index (χ0n) is 2.12. The SMILES string of the molecule is [N]S[N+](=O)[O-]. The molecule has 5 heteroatoms. The number of hydrogen-bond donors (Lipinski definition) is 0. The third-order valence-electron chi connectivity index (χ3n) is 0.0667. The molecular weight excluding hydrogens is 92.1 g/mol. The van der Waals surface area contributed by atoms with Gasteiger partial charge in [0.2, 0.25) is 0 Å². The van der Waals surface area contributed by atoms with Gasteiger partial charge < -0.3 is 0 Å². The Morgan fingerprint density at radius 2 is 2.20 bits per heavy atom. The molecule has 0 fully saturated rings. The minimum absolute atomic E-state index is 0.398. The second kappa shape index (κ2) is 1.98. The standard InChI is InChI=1S/N2O2S/c1-5-2(3)4. The molecule has 0 aromatic carbocycles. The van der Waals surface area contributed by atoms with Gasteiger partial charge in [0.1, 0.15) is 4.33 Å². The number of hydrogen-bond acceptors (Lipinski definition) is 3. The van der Waals surface area contributed by atoms with Crippen molar-refractivity contribution in [3.8, 4) is 0 Å². The highest BCUT2D eigenvalue weighted by Gasteiger charge is 1.87. The summed E-state index contributed by atoms with van der Waals surface area (Å²) in [5.41, 5.74) is 0. The van der Waals surface area contributed by atoms with E-state index in [2.05, 4.69) is 0 Å². The van der Waals surface area contributed by atoms with Crippen molar-refractivity contribution in [2.24, 2.45) is 0 Å². The van der Waals surface area contributed by atoms with Crippen molar-refractivity contribution in [1.29, 1.82) is 0 Å². The number of rotatable bonds is 1. The van der Waals surface area contributed by atoms with E-state index in [1.807, 2.05) is 0 Å². The maximum absolute atomic E-state index is 8.89. The molecule has 0 aliphatic carbocycles. The predicted octanol–water partition coefficient (Wildman–Crippen LogP) is -0.105. The lowest BCUT2D eigenvalue weighted by molar-refractivity contribution is -0.284. The fourth-order valence-electron chi connectivity index (χ4n) is 0. The fraction of sp³-hybridized carbons (Fsp3) is 0. The molecule has 0 amide bonds. The number of nitro groups is 1. The van der Waals surface area contributed by atoms with Crippen LogP contribution in [0.15, 0.2) is 0 Å². The van der Waals surface area contributed by atoms with Crippen molar-refractivity contribution in [3.63, 3.8) is 0 Å². The normalized spacial score (nSPS) is 7.40. The highest BCUT2D eigenvalue weighted by atomic mass is 32.2. The third-order valence-corrected chi connectivity index (χ3v) is 0.200. The van der Waals surface area contributed by atoms with E-state index in [0.29, 0.717) is 0 Å². The molecule has 0 aromatic rings. The first-order valence-corrected chi connectivity index (χ1v) is 1.46. The van der Waals surface area contributed by atoms with E-state index >= 15 is 0 Å². The maximum Gasteiger partial charge on any atom is 0.360 e. The molecule has 0 aliphatic rings. The van der Waals surface area contributed by atoms with Gasteiger partial charge in [0.05, 0.1) is 0 Å². The van der Waals surface area contributed by atoms with Gasteiger partial charge in [-0.05, 0) is 0 Å². The monoisotopic (exact) mass is 92.0 g/mol. The van der Waals surface area contributed by atoms with E-state index in [9.17, 15) is 0 Å². The number of nitrogens with zero attached hydrogens (tertiary/aromatic N) is 2. The first-order valence-electron chi connectivity index (χ1n) is 0.730. The lowest BCUT2D eigenvalue weighted by atomic mass is 13.4. The molecule has 2 radical (unpaired) electrons. The summed E-state index contributed by atoms with van der Waals surface area (Å²) < 4.78 is -0.903. The molecule has 4 nitrogen and oxygen atoms in total. The second-order valence-electron chi connectivity index (χ2n) is 0.305. The van der Waals surface area contributed by atoms with E-state index in [1.54, 1.807) is 0 Å². The van der Waals surface area contributed by atoms with Crippen LogP contribution in [-0.2, 0) is 0 Å². The smallest absolute Gasteiger partial charge is 0.249 e. The minimum atomic E-state index is -0.903. The van der Waals surface area contributed by atoms with E-state index in [1.165, 1.54) is 0 Å². The quantitative estimate of drug-likeness (QED) is 0.257.